The van der Waals surface area contributed by atoms with Gasteiger partial charge in [-0.3, -0.25) is 0 Å². The Hall–Kier alpha value is -2.89. The van der Waals surface area contributed by atoms with Crippen LogP contribution in [0.15, 0.2) is 72.8 Å². The SMILES string of the molecule is CCOC(=O)c1ccc(-c2ccc(-c3ccc(-c4ccc(OC)cc4)s3)s2)cc1. The number of hydrogen-bond donors (Lipinski definition) is 0. The molecule has 0 aliphatic rings. The molecule has 4 rings (SSSR count). The van der Waals surface area contributed by atoms with Crippen molar-refractivity contribution in [3.05, 3.63) is 78.4 Å². The molecular weight excluding hydrogens is 400 g/mol. The number of esters is 1. The maximum Gasteiger partial charge on any atom is 0.338 e. The van der Waals surface area contributed by atoms with E-state index in [0.717, 1.165) is 11.3 Å². The summed E-state index contributed by atoms with van der Waals surface area (Å²) < 4.78 is 10.3. The van der Waals surface area contributed by atoms with Gasteiger partial charge in [-0.25, -0.2) is 4.79 Å². The normalized spacial score (nSPS) is 10.7. The highest BCUT2D eigenvalue weighted by molar-refractivity contribution is 7.25. The molecule has 0 unspecified atom stereocenters. The van der Waals surface area contributed by atoms with Gasteiger partial charge >= 0.3 is 5.97 Å². The van der Waals surface area contributed by atoms with Crippen LogP contribution in [-0.2, 0) is 4.74 Å². The van der Waals surface area contributed by atoms with Crippen LogP contribution in [0.1, 0.15) is 17.3 Å². The second-order valence-electron chi connectivity index (χ2n) is 6.35. The highest BCUT2D eigenvalue weighted by atomic mass is 32.1. The van der Waals surface area contributed by atoms with Crippen molar-refractivity contribution < 1.29 is 14.3 Å². The first-order valence-corrected chi connectivity index (χ1v) is 10.9. The van der Waals surface area contributed by atoms with Crippen molar-refractivity contribution in [3.63, 3.8) is 0 Å². The standard InChI is InChI=1S/C24H20O3S2/c1-3-27-24(25)18-6-4-16(5-7-18)20-12-14-22(28-20)23-15-13-21(29-23)17-8-10-19(26-2)11-9-17/h4-15H,3H2,1-2H3. The van der Waals surface area contributed by atoms with E-state index in [0.29, 0.717) is 12.2 Å². The van der Waals surface area contributed by atoms with E-state index in [1.54, 1.807) is 29.8 Å². The highest BCUT2D eigenvalue weighted by Gasteiger charge is 2.11. The van der Waals surface area contributed by atoms with Crippen LogP contribution in [-0.4, -0.2) is 19.7 Å². The summed E-state index contributed by atoms with van der Waals surface area (Å²) in [7, 11) is 1.68. The van der Waals surface area contributed by atoms with Crippen LogP contribution < -0.4 is 4.74 Å². The maximum atomic E-state index is 11.8. The van der Waals surface area contributed by atoms with Gasteiger partial charge in [-0.1, -0.05) is 12.1 Å². The van der Waals surface area contributed by atoms with Crippen molar-refractivity contribution in [3.8, 4) is 36.4 Å². The maximum absolute atomic E-state index is 11.8. The first-order valence-electron chi connectivity index (χ1n) is 9.30. The van der Waals surface area contributed by atoms with Gasteiger partial charge in [0.25, 0.3) is 0 Å². The van der Waals surface area contributed by atoms with Crippen LogP contribution in [0.2, 0.25) is 0 Å². The Morgan fingerprint density at radius 1 is 0.724 bits per heavy atom. The van der Waals surface area contributed by atoms with Crippen LogP contribution in [0, 0.1) is 0 Å². The molecule has 0 atom stereocenters. The second-order valence-corrected chi connectivity index (χ2v) is 8.52. The summed E-state index contributed by atoms with van der Waals surface area (Å²) in [5.74, 6) is 0.581. The lowest BCUT2D eigenvalue weighted by Crippen LogP contribution is -2.03. The molecule has 0 amide bonds. The van der Waals surface area contributed by atoms with E-state index in [1.807, 2.05) is 43.3 Å². The first kappa shape index (κ1) is 19.4. The Morgan fingerprint density at radius 3 is 1.69 bits per heavy atom. The van der Waals surface area contributed by atoms with Crippen molar-refractivity contribution >= 4 is 28.6 Å². The largest absolute Gasteiger partial charge is 0.497 e. The van der Waals surface area contributed by atoms with Gasteiger partial charge < -0.3 is 9.47 Å². The number of ether oxygens (including phenoxy) is 2. The number of benzene rings is 2. The van der Waals surface area contributed by atoms with E-state index in [1.165, 1.54) is 25.1 Å². The fraction of sp³-hybridized carbons (Fsp3) is 0.125. The van der Waals surface area contributed by atoms with Gasteiger partial charge in [0.15, 0.2) is 0 Å². The molecule has 0 aliphatic heterocycles. The van der Waals surface area contributed by atoms with E-state index in [2.05, 4.69) is 36.4 Å². The van der Waals surface area contributed by atoms with Crippen LogP contribution in [0.3, 0.4) is 0 Å². The van der Waals surface area contributed by atoms with Gasteiger partial charge in [-0.05, 0) is 78.7 Å². The number of carbonyl (C=O) groups is 1. The van der Waals surface area contributed by atoms with Gasteiger partial charge in [-0.15, -0.1) is 22.7 Å². The summed E-state index contributed by atoms with van der Waals surface area (Å²) in [4.78, 5) is 16.7. The topological polar surface area (TPSA) is 35.5 Å². The predicted octanol–water partition coefficient (Wildman–Crippen LogP) is 7.00. The average molecular weight is 421 g/mol. The first-order chi connectivity index (χ1) is 14.2. The van der Waals surface area contributed by atoms with Gasteiger partial charge in [-0.2, -0.15) is 0 Å². The second kappa shape index (κ2) is 8.64. The molecule has 0 fully saturated rings. The van der Waals surface area contributed by atoms with E-state index in [-0.39, 0.29) is 5.97 Å². The lowest BCUT2D eigenvalue weighted by Gasteiger charge is -2.02. The molecule has 4 aromatic rings. The molecule has 0 saturated heterocycles. The molecular formula is C24H20O3S2. The Balaban J connectivity index is 1.53. The van der Waals surface area contributed by atoms with E-state index in [4.69, 9.17) is 9.47 Å². The minimum absolute atomic E-state index is 0.282. The fourth-order valence-corrected chi connectivity index (χ4v) is 5.10. The lowest BCUT2D eigenvalue weighted by atomic mass is 10.1. The predicted molar refractivity (Wildman–Crippen MR) is 121 cm³/mol. The zero-order chi connectivity index (χ0) is 20.2. The molecule has 146 valence electrons. The molecule has 0 N–H and O–H groups in total. The Morgan fingerprint density at radius 2 is 1.21 bits per heavy atom. The number of rotatable bonds is 6. The Labute approximate surface area is 178 Å². The van der Waals surface area contributed by atoms with Gasteiger partial charge in [0.1, 0.15) is 5.75 Å². The van der Waals surface area contributed by atoms with Gasteiger partial charge in [0.05, 0.1) is 19.3 Å². The third-order valence-electron chi connectivity index (χ3n) is 4.51. The summed E-state index contributed by atoms with van der Waals surface area (Å²) >= 11 is 3.53. The third-order valence-corrected chi connectivity index (χ3v) is 6.97. The summed E-state index contributed by atoms with van der Waals surface area (Å²) in [6.07, 6.45) is 0. The monoisotopic (exact) mass is 420 g/mol. The Kier molecular flexibility index (Phi) is 5.79. The van der Waals surface area contributed by atoms with Crippen LogP contribution >= 0.6 is 22.7 Å². The molecule has 2 heterocycles. The van der Waals surface area contributed by atoms with E-state index >= 15 is 0 Å². The minimum atomic E-state index is -0.282. The summed E-state index contributed by atoms with van der Waals surface area (Å²) in [6.45, 7) is 2.19. The van der Waals surface area contributed by atoms with Crippen molar-refractivity contribution in [2.45, 2.75) is 6.92 Å². The summed E-state index contributed by atoms with van der Waals surface area (Å²) in [6, 6.07) is 24.3. The molecule has 0 saturated carbocycles. The average Bonchev–Trinajstić information content (AvgIpc) is 3.44. The highest BCUT2D eigenvalue weighted by Crippen LogP contribution is 2.40. The molecule has 0 radical (unpaired) electrons. The summed E-state index contributed by atoms with van der Waals surface area (Å²) in [5, 5.41) is 0. The van der Waals surface area contributed by atoms with Crippen molar-refractivity contribution in [2.75, 3.05) is 13.7 Å². The Bertz CT molecular complexity index is 1110. The third kappa shape index (κ3) is 4.26. The van der Waals surface area contributed by atoms with Crippen LogP contribution in [0.4, 0.5) is 0 Å². The van der Waals surface area contributed by atoms with Gasteiger partial charge in [0.2, 0.25) is 0 Å². The molecule has 0 aliphatic carbocycles. The van der Waals surface area contributed by atoms with Crippen molar-refractivity contribution in [2.24, 2.45) is 0 Å². The van der Waals surface area contributed by atoms with Crippen LogP contribution in [0.25, 0.3) is 30.6 Å². The van der Waals surface area contributed by atoms with E-state index in [9.17, 15) is 4.79 Å². The molecule has 29 heavy (non-hydrogen) atoms. The molecule has 2 aromatic heterocycles. The van der Waals surface area contributed by atoms with E-state index < -0.39 is 0 Å². The molecule has 2 aromatic carbocycles. The van der Waals surface area contributed by atoms with Crippen molar-refractivity contribution in [1.82, 2.24) is 0 Å². The molecule has 3 nitrogen and oxygen atoms in total. The number of methoxy groups -OCH3 is 1. The number of thiophene rings is 2. The lowest BCUT2D eigenvalue weighted by molar-refractivity contribution is 0.0526. The fourth-order valence-electron chi connectivity index (χ4n) is 2.99. The molecule has 0 spiro atoms. The van der Waals surface area contributed by atoms with Gasteiger partial charge in [0, 0.05) is 19.5 Å². The quantitative estimate of drug-likeness (QED) is 0.315. The number of carbonyl (C=O) groups excluding carboxylic acids is 1. The smallest absolute Gasteiger partial charge is 0.338 e. The molecule has 5 heteroatoms. The summed E-state index contributed by atoms with van der Waals surface area (Å²) in [5.41, 5.74) is 2.87. The zero-order valence-corrected chi connectivity index (χ0v) is 17.8. The number of hydrogen-bond acceptors (Lipinski definition) is 5. The minimum Gasteiger partial charge on any atom is -0.497 e. The van der Waals surface area contributed by atoms with Crippen LogP contribution in [0.5, 0.6) is 5.75 Å². The zero-order valence-electron chi connectivity index (χ0n) is 16.2. The van der Waals surface area contributed by atoms with Crippen molar-refractivity contribution in [1.29, 1.82) is 0 Å². The molecule has 0 bridgehead atoms.